The lowest BCUT2D eigenvalue weighted by molar-refractivity contribution is -0.147. The predicted octanol–water partition coefficient (Wildman–Crippen LogP) is 3.25. The van der Waals surface area contributed by atoms with Crippen LogP contribution in [0.4, 0.5) is 4.39 Å². The molecule has 7 heteroatoms. The molecular weight excluding hydrogens is 373 g/mol. The number of ether oxygens (including phenoxy) is 1. The van der Waals surface area contributed by atoms with Gasteiger partial charge < -0.3 is 9.64 Å². The first-order chi connectivity index (χ1) is 12.9. The first kappa shape index (κ1) is 19.0. The first-order valence-corrected chi connectivity index (χ1v) is 8.78. The SMILES string of the molecule is O=C(COC(=O)[C@@H]1CC(=O)N(Cc2ccccc2Cl)C1)c1ccc(F)cc1. The van der Waals surface area contributed by atoms with E-state index in [2.05, 4.69) is 0 Å². The molecule has 1 aliphatic rings. The lowest BCUT2D eigenvalue weighted by Crippen LogP contribution is -2.27. The summed E-state index contributed by atoms with van der Waals surface area (Å²) in [4.78, 5) is 37.9. The van der Waals surface area contributed by atoms with E-state index < -0.39 is 30.1 Å². The summed E-state index contributed by atoms with van der Waals surface area (Å²) >= 11 is 6.11. The Morgan fingerprint density at radius 3 is 2.56 bits per heavy atom. The Labute approximate surface area is 160 Å². The van der Waals surface area contributed by atoms with Crippen LogP contribution in [0.2, 0.25) is 5.02 Å². The van der Waals surface area contributed by atoms with E-state index in [1.54, 1.807) is 17.0 Å². The van der Waals surface area contributed by atoms with Gasteiger partial charge in [-0.15, -0.1) is 0 Å². The fourth-order valence-corrected chi connectivity index (χ4v) is 3.08. The molecule has 0 bridgehead atoms. The van der Waals surface area contributed by atoms with Gasteiger partial charge in [-0.05, 0) is 35.9 Å². The maximum Gasteiger partial charge on any atom is 0.311 e. The number of likely N-dealkylation sites (tertiary alicyclic amines) is 1. The molecule has 140 valence electrons. The summed E-state index contributed by atoms with van der Waals surface area (Å²) in [5.41, 5.74) is 1.06. The minimum Gasteiger partial charge on any atom is -0.457 e. The van der Waals surface area contributed by atoms with Crippen molar-refractivity contribution in [1.82, 2.24) is 4.90 Å². The average molecular weight is 390 g/mol. The molecule has 1 amide bonds. The molecule has 3 rings (SSSR count). The minimum atomic E-state index is -0.624. The number of hydrogen-bond acceptors (Lipinski definition) is 4. The van der Waals surface area contributed by atoms with Crippen LogP contribution in [0.15, 0.2) is 48.5 Å². The van der Waals surface area contributed by atoms with Crippen LogP contribution in [0.25, 0.3) is 0 Å². The fraction of sp³-hybridized carbons (Fsp3) is 0.250. The maximum atomic E-state index is 12.9. The van der Waals surface area contributed by atoms with Gasteiger partial charge in [-0.1, -0.05) is 29.8 Å². The third kappa shape index (κ3) is 4.71. The van der Waals surface area contributed by atoms with E-state index in [9.17, 15) is 18.8 Å². The Bertz CT molecular complexity index is 869. The van der Waals surface area contributed by atoms with Crippen molar-refractivity contribution in [2.45, 2.75) is 13.0 Å². The Hall–Kier alpha value is -2.73. The highest BCUT2D eigenvalue weighted by Crippen LogP contribution is 2.24. The molecule has 1 atom stereocenters. The van der Waals surface area contributed by atoms with Gasteiger partial charge in [-0.3, -0.25) is 14.4 Å². The zero-order valence-electron chi connectivity index (χ0n) is 14.4. The van der Waals surface area contributed by atoms with Gasteiger partial charge in [0, 0.05) is 30.1 Å². The van der Waals surface area contributed by atoms with Crippen LogP contribution in [0.1, 0.15) is 22.3 Å². The van der Waals surface area contributed by atoms with E-state index in [1.807, 2.05) is 12.1 Å². The van der Waals surface area contributed by atoms with Gasteiger partial charge in [-0.2, -0.15) is 0 Å². The van der Waals surface area contributed by atoms with Crippen molar-refractivity contribution in [1.29, 1.82) is 0 Å². The number of nitrogens with zero attached hydrogens (tertiary/aromatic N) is 1. The highest BCUT2D eigenvalue weighted by molar-refractivity contribution is 6.31. The normalized spacial score (nSPS) is 16.4. The maximum absolute atomic E-state index is 12.9. The van der Waals surface area contributed by atoms with Crippen LogP contribution < -0.4 is 0 Å². The third-order valence-electron chi connectivity index (χ3n) is 4.38. The van der Waals surface area contributed by atoms with Crippen molar-refractivity contribution in [3.05, 3.63) is 70.5 Å². The number of ketones is 1. The molecule has 1 aliphatic heterocycles. The molecule has 0 N–H and O–H groups in total. The van der Waals surface area contributed by atoms with Gasteiger partial charge in [0.15, 0.2) is 12.4 Å². The lowest BCUT2D eigenvalue weighted by Gasteiger charge is -2.17. The number of Topliss-reactive ketones (excluding diaryl/α,β-unsaturated/α-hetero) is 1. The molecule has 1 fully saturated rings. The quantitative estimate of drug-likeness (QED) is 0.562. The van der Waals surface area contributed by atoms with Crippen LogP contribution in [0, 0.1) is 11.7 Å². The molecule has 27 heavy (non-hydrogen) atoms. The smallest absolute Gasteiger partial charge is 0.311 e. The average Bonchev–Trinajstić information content (AvgIpc) is 3.02. The molecule has 0 aromatic heterocycles. The number of halogens is 2. The summed E-state index contributed by atoms with van der Waals surface area (Å²) < 4.78 is 17.9. The van der Waals surface area contributed by atoms with Crippen LogP contribution in [-0.4, -0.2) is 35.7 Å². The zero-order chi connectivity index (χ0) is 19.4. The summed E-state index contributed by atoms with van der Waals surface area (Å²) in [7, 11) is 0. The fourth-order valence-electron chi connectivity index (χ4n) is 2.89. The molecule has 1 saturated heterocycles. The number of amides is 1. The van der Waals surface area contributed by atoms with Crippen molar-refractivity contribution in [2.24, 2.45) is 5.92 Å². The molecule has 0 radical (unpaired) electrons. The van der Waals surface area contributed by atoms with Gasteiger partial charge in [0.05, 0.1) is 5.92 Å². The van der Waals surface area contributed by atoms with E-state index in [0.717, 1.165) is 17.7 Å². The van der Waals surface area contributed by atoms with Crippen molar-refractivity contribution in [2.75, 3.05) is 13.2 Å². The monoisotopic (exact) mass is 389 g/mol. The Morgan fingerprint density at radius 2 is 1.85 bits per heavy atom. The minimum absolute atomic E-state index is 0.0357. The topological polar surface area (TPSA) is 63.7 Å². The third-order valence-corrected chi connectivity index (χ3v) is 4.75. The molecule has 2 aromatic rings. The van der Waals surface area contributed by atoms with E-state index in [-0.39, 0.29) is 24.4 Å². The lowest BCUT2D eigenvalue weighted by atomic mass is 10.1. The van der Waals surface area contributed by atoms with Gasteiger partial charge in [-0.25, -0.2) is 4.39 Å². The number of hydrogen-bond donors (Lipinski definition) is 0. The van der Waals surface area contributed by atoms with Crippen LogP contribution in [0.3, 0.4) is 0 Å². The molecule has 2 aromatic carbocycles. The van der Waals surface area contributed by atoms with Crippen LogP contribution in [-0.2, 0) is 20.9 Å². The molecule has 0 spiro atoms. The first-order valence-electron chi connectivity index (χ1n) is 8.40. The van der Waals surface area contributed by atoms with Crippen molar-refractivity contribution >= 4 is 29.3 Å². The van der Waals surface area contributed by atoms with Crippen LogP contribution >= 0.6 is 11.6 Å². The van der Waals surface area contributed by atoms with Gasteiger partial charge >= 0.3 is 5.97 Å². The van der Waals surface area contributed by atoms with E-state index in [1.165, 1.54) is 12.1 Å². The van der Waals surface area contributed by atoms with Crippen LogP contribution in [0.5, 0.6) is 0 Å². The molecule has 0 saturated carbocycles. The van der Waals surface area contributed by atoms with Crippen molar-refractivity contribution in [3.63, 3.8) is 0 Å². The van der Waals surface area contributed by atoms with Crippen molar-refractivity contribution < 1.29 is 23.5 Å². The Kier molecular flexibility index (Phi) is 5.86. The summed E-state index contributed by atoms with van der Waals surface area (Å²) in [5, 5.41) is 0.557. The molecule has 1 heterocycles. The number of esters is 1. The second kappa shape index (κ2) is 8.31. The molecule has 0 aliphatic carbocycles. The Morgan fingerprint density at radius 1 is 1.15 bits per heavy atom. The van der Waals surface area contributed by atoms with E-state index in [4.69, 9.17) is 16.3 Å². The largest absolute Gasteiger partial charge is 0.457 e. The summed E-state index contributed by atoms with van der Waals surface area (Å²) in [6.45, 7) is 0.0874. The van der Waals surface area contributed by atoms with Gasteiger partial charge in [0.2, 0.25) is 5.91 Å². The summed E-state index contributed by atoms with van der Waals surface area (Å²) in [5.74, 6) is -2.27. The highest BCUT2D eigenvalue weighted by atomic mass is 35.5. The second-order valence-corrected chi connectivity index (χ2v) is 6.71. The highest BCUT2D eigenvalue weighted by Gasteiger charge is 2.35. The van der Waals surface area contributed by atoms with E-state index >= 15 is 0 Å². The Balaban J connectivity index is 1.53. The predicted molar refractivity (Wildman–Crippen MR) is 96.7 cm³/mol. The number of carbonyl (C=O) groups excluding carboxylic acids is 3. The number of rotatable bonds is 6. The standard InChI is InChI=1S/C20H17ClFNO4/c21-17-4-2-1-3-14(17)10-23-11-15(9-19(23)25)20(26)27-12-18(24)13-5-7-16(22)8-6-13/h1-8,15H,9-12H2/t15-/m1/s1. The van der Waals surface area contributed by atoms with E-state index in [0.29, 0.717) is 11.6 Å². The van der Waals surface area contributed by atoms with Crippen molar-refractivity contribution in [3.8, 4) is 0 Å². The molecule has 0 unspecified atom stereocenters. The second-order valence-electron chi connectivity index (χ2n) is 6.30. The molecular formula is C20H17ClFNO4. The molecule has 5 nitrogen and oxygen atoms in total. The summed E-state index contributed by atoms with van der Waals surface area (Å²) in [6.07, 6.45) is 0.0357. The zero-order valence-corrected chi connectivity index (χ0v) is 15.1. The summed E-state index contributed by atoms with van der Waals surface area (Å²) in [6, 6.07) is 12.2. The number of benzene rings is 2. The number of carbonyl (C=O) groups is 3. The van der Waals surface area contributed by atoms with Gasteiger partial charge in [0.25, 0.3) is 0 Å². The van der Waals surface area contributed by atoms with Gasteiger partial charge in [0.1, 0.15) is 5.82 Å².